The molecule has 3 aliphatic heterocycles. The van der Waals surface area contributed by atoms with Crippen LogP contribution in [-0.4, -0.2) is 70.6 Å². The van der Waals surface area contributed by atoms with Crippen molar-refractivity contribution in [2.75, 3.05) is 44.3 Å². The van der Waals surface area contributed by atoms with E-state index in [1.165, 1.54) is 19.4 Å². The lowest BCUT2D eigenvalue weighted by molar-refractivity contribution is -0.149. The molecular formula is C17H28N2O2S. The maximum Gasteiger partial charge on any atom is 0.225 e. The van der Waals surface area contributed by atoms with Gasteiger partial charge in [0, 0.05) is 38.7 Å². The zero-order chi connectivity index (χ0) is 15.2. The first-order chi connectivity index (χ1) is 10.7. The van der Waals surface area contributed by atoms with Gasteiger partial charge in [0.1, 0.15) is 0 Å². The van der Waals surface area contributed by atoms with E-state index in [0.717, 1.165) is 56.3 Å². The van der Waals surface area contributed by atoms with Crippen LogP contribution in [0.2, 0.25) is 0 Å². The lowest BCUT2D eigenvalue weighted by Gasteiger charge is -2.54. The van der Waals surface area contributed by atoms with Gasteiger partial charge in [-0.3, -0.25) is 9.69 Å². The van der Waals surface area contributed by atoms with Crippen LogP contribution >= 0.6 is 11.8 Å². The van der Waals surface area contributed by atoms with Crippen LogP contribution in [0.3, 0.4) is 0 Å². The fraction of sp³-hybridized carbons (Fsp3) is 0.941. The lowest BCUT2D eigenvalue weighted by Crippen LogP contribution is -2.69. The van der Waals surface area contributed by atoms with Crippen molar-refractivity contribution in [3.05, 3.63) is 0 Å². The van der Waals surface area contributed by atoms with Crippen molar-refractivity contribution in [1.29, 1.82) is 0 Å². The SMILES string of the molecule is O=C(C1CCSCC1)N1CC2(C[C@H](CO)CN2CC2CC2)C1. The number of hydrogen-bond donors (Lipinski definition) is 1. The highest BCUT2D eigenvalue weighted by atomic mass is 32.2. The Morgan fingerprint density at radius 1 is 1.14 bits per heavy atom. The molecule has 0 aromatic carbocycles. The smallest absolute Gasteiger partial charge is 0.225 e. The van der Waals surface area contributed by atoms with Crippen molar-refractivity contribution < 1.29 is 9.90 Å². The molecule has 1 saturated carbocycles. The van der Waals surface area contributed by atoms with Gasteiger partial charge in [-0.05, 0) is 55.4 Å². The molecule has 4 aliphatic rings. The van der Waals surface area contributed by atoms with Gasteiger partial charge in [-0.15, -0.1) is 0 Å². The van der Waals surface area contributed by atoms with Gasteiger partial charge in [-0.1, -0.05) is 0 Å². The number of aliphatic hydroxyl groups is 1. The number of nitrogens with zero attached hydrogens (tertiary/aromatic N) is 2. The van der Waals surface area contributed by atoms with Gasteiger partial charge in [0.25, 0.3) is 0 Å². The molecule has 124 valence electrons. The molecule has 0 bridgehead atoms. The van der Waals surface area contributed by atoms with Crippen LogP contribution < -0.4 is 0 Å². The second-order valence-corrected chi connectivity index (χ2v) is 9.13. The van der Waals surface area contributed by atoms with Gasteiger partial charge in [-0.2, -0.15) is 11.8 Å². The summed E-state index contributed by atoms with van der Waals surface area (Å²) in [5, 5.41) is 9.55. The summed E-state index contributed by atoms with van der Waals surface area (Å²) in [6.07, 6.45) is 5.97. The lowest BCUT2D eigenvalue weighted by atomic mass is 9.83. The van der Waals surface area contributed by atoms with Crippen LogP contribution in [0.25, 0.3) is 0 Å². The molecule has 1 N–H and O–H groups in total. The second-order valence-electron chi connectivity index (χ2n) is 7.91. The number of aliphatic hydroxyl groups excluding tert-OH is 1. The molecule has 0 unspecified atom stereocenters. The van der Waals surface area contributed by atoms with Crippen LogP contribution in [-0.2, 0) is 4.79 Å². The van der Waals surface area contributed by atoms with E-state index in [1.807, 2.05) is 11.8 Å². The number of amides is 1. The quantitative estimate of drug-likeness (QED) is 0.850. The number of carbonyl (C=O) groups excluding carboxylic acids is 1. The molecule has 1 amide bonds. The number of carbonyl (C=O) groups is 1. The maximum absolute atomic E-state index is 12.7. The average molecular weight is 324 g/mol. The number of rotatable bonds is 4. The third-order valence-electron chi connectivity index (χ3n) is 6.10. The summed E-state index contributed by atoms with van der Waals surface area (Å²) in [7, 11) is 0. The first-order valence-corrected chi connectivity index (χ1v) is 10.1. The molecule has 0 radical (unpaired) electrons. The van der Waals surface area contributed by atoms with Crippen molar-refractivity contribution in [2.45, 2.75) is 37.6 Å². The third-order valence-corrected chi connectivity index (χ3v) is 7.15. The maximum atomic E-state index is 12.7. The van der Waals surface area contributed by atoms with E-state index in [2.05, 4.69) is 9.80 Å². The van der Waals surface area contributed by atoms with E-state index in [0.29, 0.717) is 18.4 Å². The zero-order valence-corrected chi connectivity index (χ0v) is 14.2. The van der Waals surface area contributed by atoms with Gasteiger partial charge < -0.3 is 10.0 Å². The van der Waals surface area contributed by atoms with Gasteiger partial charge in [0.05, 0.1) is 5.54 Å². The molecule has 0 aromatic rings. The molecule has 0 aromatic heterocycles. The summed E-state index contributed by atoms with van der Waals surface area (Å²) in [6, 6.07) is 0. The molecule has 4 nitrogen and oxygen atoms in total. The Morgan fingerprint density at radius 3 is 2.50 bits per heavy atom. The Kier molecular flexibility index (Phi) is 4.16. The molecule has 4 rings (SSSR count). The largest absolute Gasteiger partial charge is 0.396 e. The average Bonchev–Trinajstić information content (AvgIpc) is 3.25. The zero-order valence-electron chi connectivity index (χ0n) is 13.4. The van der Waals surface area contributed by atoms with Crippen molar-refractivity contribution in [3.8, 4) is 0 Å². The van der Waals surface area contributed by atoms with E-state index >= 15 is 0 Å². The Hall–Kier alpha value is -0.260. The number of hydrogen-bond acceptors (Lipinski definition) is 4. The highest BCUT2D eigenvalue weighted by Crippen LogP contribution is 2.44. The summed E-state index contributed by atoms with van der Waals surface area (Å²) in [6.45, 7) is 4.36. The van der Waals surface area contributed by atoms with Crippen molar-refractivity contribution in [2.24, 2.45) is 17.8 Å². The third kappa shape index (κ3) is 2.80. The van der Waals surface area contributed by atoms with Gasteiger partial charge >= 0.3 is 0 Å². The van der Waals surface area contributed by atoms with Crippen LogP contribution in [0, 0.1) is 17.8 Å². The Balaban J connectivity index is 1.37. The second kappa shape index (κ2) is 5.99. The highest BCUT2D eigenvalue weighted by molar-refractivity contribution is 7.99. The first kappa shape index (κ1) is 15.3. The predicted octanol–water partition coefficient (Wildman–Crippen LogP) is 1.43. The van der Waals surface area contributed by atoms with Crippen LogP contribution in [0.5, 0.6) is 0 Å². The van der Waals surface area contributed by atoms with Crippen LogP contribution in [0.4, 0.5) is 0 Å². The van der Waals surface area contributed by atoms with Gasteiger partial charge in [0.2, 0.25) is 5.91 Å². The van der Waals surface area contributed by atoms with Crippen molar-refractivity contribution in [1.82, 2.24) is 9.80 Å². The minimum Gasteiger partial charge on any atom is -0.396 e. The summed E-state index contributed by atoms with van der Waals surface area (Å²) < 4.78 is 0. The molecule has 1 atom stereocenters. The molecule has 1 spiro atoms. The minimum absolute atomic E-state index is 0.203. The monoisotopic (exact) mass is 324 g/mol. The standard InChI is InChI=1S/C17H28N2O2S/c20-10-14-7-17(19(9-14)8-13-1-2-13)11-18(12-17)16(21)15-3-5-22-6-4-15/h13-15,20H,1-12H2/t14-/m0/s1. The molecule has 3 saturated heterocycles. The fourth-order valence-electron chi connectivity index (χ4n) is 4.59. The summed E-state index contributed by atoms with van der Waals surface area (Å²) >= 11 is 1.98. The van der Waals surface area contributed by atoms with Crippen molar-refractivity contribution >= 4 is 17.7 Å². The van der Waals surface area contributed by atoms with E-state index in [9.17, 15) is 9.90 Å². The van der Waals surface area contributed by atoms with E-state index in [1.54, 1.807) is 0 Å². The number of thioether (sulfide) groups is 1. The predicted molar refractivity (Wildman–Crippen MR) is 88.8 cm³/mol. The normalized spacial score (nSPS) is 32.4. The fourth-order valence-corrected chi connectivity index (χ4v) is 5.70. The van der Waals surface area contributed by atoms with Crippen molar-refractivity contribution in [3.63, 3.8) is 0 Å². The minimum atomic E-state index is 0.203. The van der Waals surface area contributed by atoms with Crippen LogP contribution in [0.15, 0.2) is 0 Å². The van der Waals surface area contributed by atoms with E-state index in [4.69, 9.17) is 0 Å². The van der Waals surface area contributed by atoms with Gasteiger partial charge in [0.15, 0.2) is 0 Å². The molecule has 3 heterocycles. The van der Waals surface area contributed by atoms with Crippen LogP contribution in [0.1, 0.15) is 32.1 Å². The van der Waals surface area contributed by atoms with E-state index in [-0.39, 0.29) is 11.5 Å². The molecule has 22 heavy (non-hydrogen) atoms. The Bertz CT molecular complexity index is 428. The molecule has 4 fully saturated rings. The van der Waals surface area contributed by atoms with Gasteiger partial charge in [-0.25, -0.2) is 0 Å². The summed E-state index contributed by atoms with van der Waals surface area (Å²) in [5.74, 6) is 4.29. The number of likely N-dealkylation sites (tertiary alicyclic amines) is 2. The molecular weight excluding hydrogens is 296 g/mol. The van der Waals surface area contributed by atoms with E-state index < -0.39 is 0 Å². The highest BCUT2D eigenvalue weighted by Gasteiger charge is 2.55. The first-order valence-electron chi connectivity index (χ1n) is 8.93. The Morgan fingerprint density at radius 2 is 1.86 bits per heavy atom. The molecule has 1 aliphatic carbocycles. The molecule has 5 heteroatoms. The topological polar surface area (TPSA) is 43.8 Å². The summed E-state index contributed by atoms with van der Waals surface area (Å²) in [4.78, 5) is 17.4. The Labute approximate surface area is 137 Å². The summed E-state index contributed by atoms with van der Waals surface area (Å²) in [5.41, 5.74) is 0.203.